The standard InChI is InChI=1S/C6H6Br2O/c7-5-2-1-3-6(8,9)4-5/h1-3,9H,4H2. The Kier molecular flexibility index (Phi) is 2.14. The average molecular weight is 254 g/mol. The molecule has 0 aromatic heterocycles. The summed E-state index contributed by atoms with van der Waals surface area (Å²) in [6, 6.07) is 0. The number of allylic oxidation sites excluding steroid dienone is 2. The first-order valence-electron chi connectivity index (χ1n) is 2.55. The molecule has 0 fully saturated rings. The van der Waals surface area contributed by atoms with Crippen LogP contribution in [0.1, 0.15) is 6.42 Å². The smallest absolute Gasteiger partial charge is 0.142 e. The van der Waals surface area contributed by atoms with E-state index in [4.69, 9.17) is 0 Å². The van der Waals surface area contributed by atoms with E-state index in [0.717, 1.165) is 4.48 Å². The van der Waals surface area contributed by atoms with Crippen LogP contribution < -0.4 is 0 Å². The number of halogens is 2. The summed E-state index contributed by atoms with van der Waals surface area (Å²) in [7, 11) is 0. The molecule has 1 N–H and O–H groups in total. The zero-order valence-electron chi connectivity index (χ0n) is 4.64. The fourth-order valence-corrected chi connectivity index (χ4v) is 2.07. The van der Waals surface area contributed by atoms with Gasteiger partial charge in [-0.25, -0.2) is 0 Å². The van der Waals surface area contributed by atoms with Gasteiger partial charge >= 0.3 is 0 Å². The van der Waals surface area contributed by atoms with Crippen molar-refractivity contribution in [2.24, 2.45) is 0 Å². The fourth-order valence-electron chi connectivity index (χ4n) is 0.655. The molecule has 0 aromatic rings. The van der Waals surface area contributed by atoms with Gasteiger partial charge in [-0.15, -0.1) is 0 Å². The molecule has 1 aliphatic rings. The fraction of sp³-hybridized carbons (Fsp3) is 0.333. The van der Waals surface area contributed by atoms with Crippen molar-refractivity contribution in [3.63, 3.8) is 0 Å². The Balaban J connectivity index is 2.73. The Morgan fingerprint density at radius 1 is 1.67 bits per heavy atom. The van der Waals surface area contributed by atoms with Crippen LogP contribution in [-0.4, -0.2) is 9.62 Å². The zero-order valence-corrected chi connectivity index (χ0v) is 7.81. The van der Waals surface area contributed by atoms with Crippen molar-refractivity contribution in [1.82, 2.24) is 0 Å². The predicted molar refractivity (Wildman–Crippen MR) is 44.6 cm³/mol. The zero-order chi connectivity index (χ0) is 6.91. The van der Waals surface area contributed by atoms with E-state index in [-0.39, 0.29) is 0 Å². The van der Waals surface area contributed by atoms with Gasteiger partial charge in [0.2, 0.25) is 0 Å². The van der Waals surface area contributed by atoms with Crippen molar-refractivity contribution in [3.05, 3.63) is 22.7 Å². The number of aliphatic hydroxyl groups is 1. The van der Waals surface area contributed by atoms with Crippen LogP contribution in [0.4, 0.5) is 0 Å². The molecule has 3 heteroatoms. The summed E-state index contributed by atoms with van der Waals surface area (Å²) in [5.41, 5.74) is 0. The van der Waals surface area contributed by atoms with Crippen molar-refractivity contribution < 1.29 is 5.11 Å². The quantitative estimate of drug-likeness (QED) is 0.657. The Labute approximate surface area is 70.7 Å². The van der Waals surface area contributed by atoms with Crippen LogP contribution in [0.15, 0.2) is 22.7 Å². The number of hydrogen-bond acceptors (Lipinski definition) is 1. The first kappa shape index (κ1) is 7.51. The molecule has 0 aliphatic heterocycles. The highest BCUT2D eigenvalue weighted by atomic mass is 79.9. The molecule has 0 heterocycles. The third-order valence-electron chi connectivity index (χ3n) is 1.05. The molecule has 0 radical (unpaired) electrons. The third kappa shape index (κ3) is 2.24. The summed E-state index contributed by atoms with van der Waals surface area (Å²) in [6.07, 6.45) is 6.03. The molecule has 1 rings (SSSR count). The van der Waals surface area contributed by atoms with Gasteiger partial charge in [-0.3, -0.25) is 0 Å². The number of rotatable bonds is 0. The normalized spacial score (nSPS) is 34.3. The minimum absolute atomic E-state index is 0.601. The van der Waals surface area contributed by atoms with Crippen LogP contribution in [0.3, 0.4) is 0 Å². The summed E-state index contributed by atoms with van der Waals surface area (Å²) in [4.78, 5) is 0. The van der Waals surface area contributed by atoms with E-state index in [9.17, 15) is 5.11 Å². The van der Waals surface area contributed by atoms with E-state index < -0.39 is 4.51 Å². The van der Waals surface area contributed by atoms with E-state index in [0.29, 0.717) is 6.42 Å². The molecular formula is C6H6Br2O. The molecule has 0 saturated carbocycles. The minimum atomic E-state index is -0.833. The van der Waals surface area contributed by atoms with Crippen LogP contribution in [0, 0.1) is 0 Å². The second-order valence-corrected chi connectivity index (χ2v) is 4.36. The molecule has 0 amide bonds. The Bertz CT molecular complexity index is 170. The van der Waals surface area contributed by atoms with Crippen LogP contribution in [-0.2, 0) is 0 Å². The molecule has 1 aliphatic carbocycles. The van der Waals surface area contributed by atoms with Crippen LogP contribution in [0.5, 0.6) is 0 Å². The average Bonchev–Trinajstić information content (AvgIpc) is 1.60. The highest BCUT2D eigenvalue weighted by molar-refractivity contribution is 9.12. The molecule has 0 bridgehead atoms. The Morgan fingerprint density at radius 2 is 2.33 bits per heavy atom. The largest absolute Gasteiger partial charge is 0.375 e. The van der Waals surface area contributed by atoms with Crippen LogP contribution >= 0.6 is 31.9 Å². The van der Waals surface area contributed by atoms with Crippen molar-refractivity contribution in [1.29, 1.82) is 0 Å². The van der Waals surface area contributed by atoms with Gasteiger partial charge in [-0.1, -0.05) is 28.1 Å². The molecule has 1 atom stereocenters. The maximum Gasteiger partial charge on any atom is 0.142 e. The van der Waals surface area contributed by atoms with Gasteiger partial charge in [0.25, 0.3) is 0 Å². The Morgan fingerprint density at radius 3 is 2.67 bits per heavy atom. The van der Waals surface area contributed by atoms with Crippen LogP contribution in [0.25, 0.3) is 0 Å². The molecule has 50 valence electrons. The highest BCUT2D eigenvalue weighted by Gasteiger charge is 2.21. The van der Waals surface area contributed by atoms with Crippen molar-refractivity contribution in [2.75, 3.05) is 0 Å². The van der Waals surface area contributed by atoms with Crippen LogP contribution in [0.2, 0.25) is 0 Å². The minimum Gasteiger partial charge on any atom is -0.375 e. The van der Waals surface area contributed by atoms with Crippen molar-refractivity contribution in [2.45, 2.75) is 10.9 Å². The number of alkyl halides is 1. The van der Waals surface area contributed by atoms with E-state index in [1.807, 2.05) is 12.2 Å². The second-order valence-electron chi connectivity index (χ2n) is 1.97. The van der Waals surface area contributed by atoms with Gasteiger partial charge in [-0.05, 0) is 26.5 Å². The van der Waals surface area contributed by atoms with Gasteiger partial charge < -0.3 is 5.11 Å². The van der Waals surface area contributed by atoms with E-state index in [1.165, 1.54) is 0 Å². The third-order valence-corrected chi connectivity index (χ3v) is 2.13. The number of hydrogen-bond donors (Lipinski definition) is 1. The van der Waals surface area contributed by atoms with Gasteiger partial charge in [0.15, 0.2) is 0 Å². The Hall–Kier alpha value is 0.400. The van der Waals surface area contributed by atoms with E-state index in [2.05, 4.69) is 31.9 Å². The maximum atomic E-state index is 9.30. The lowest BCUT2D eigenvalue weighted by Crippen LogP contribution is -2.17. The summed E-state index contributed by atoms with van der Waals surface area (Å²) in [6.45, 7) is 0. The highest BCUT2D eigenvalue weighted by Crippen LogP contribution is 2.30. The molecule has 1 nitrogen and oxygen atoms in total. The molecule has 0 saturated heterocycles. The van der Waals surface area contributed by atoms with Crippen molar-refractivity contribution >= 4 is 31.9 Å². The summed E-state index contributed by atoms with van der Waals surface area (Å²) < 4.78 is 0.171. The lowest BCUT2D eigenvalue weighted by Gasteiger charge is -2.18. The van der Waals surface area contributed by atoms with Gasteiger partial charge in [0, 0.05) is 6.42 Å². The van der Waals surface area contributed by atoms with E-state index in [1.54, 1.807) is 6.08 Å². The lowest BCUT2D eigenvalue weighted by atomic mass is 10.1. The lowest BCUT2D eigenvalue weighted by molar-refractivity contribution is 0.197. The molecular weight excluding hydrogens is 248 g/mol. The molecule has 9 heavy (non-hydrogen) atoms. The molecule has 0 spiro atoms. The maximum absolute atomic E-state index is 9.30. The van der Waals surface area contributed by atoms with Crippen molar-refractivity contribution in [3.8, 4) is 0 Å². The molecule has 1 unspecified atom stereocenters. The monoisotopic (exact) mass is 252 g/mol. The molecule has 0 aromatic carbocycles. The van der Waals surface area contributed by atoms with E-state index >= 15 is 0 Å². The van der Waals surface area contributed by atoms with Gasteiger partial charge in [0.1, 0.15) is 4.51 Å². The van der Waals surface area contributed by atoms with Gasteiger partial charge in [-0.2, -0.15) is 0 Å². The SMILES string of the molecule is OC1(Br)C=CC=C(Br)C1. The first-order chi connectivity index (χ1) is 4.10. The topological polar surface area (TPSA) is 20.2 Å². The first-order valence-corrected chi connectivity index (χ1v) is 4.14. The predicted octanol–water partition coefficient (Wildman–Crippen LogP) is 2.31. The van der Waals surface area contributed by atoms with Gasteiger partial charge in [0.05, 0.1) is 0 Å². The second kappa shape index (κ2) is 2.56. The summed E-state index contributed by atoms with van der Waals surface area (Å²) in [5.74, 6) is 0. The summed E-state index contributed by atoms with van der Waals surface area (Å²) in [5, 5.41) is 9.30. The summed E-state index contributed by atoms with van der Waals surface area (Å²) >= 11 is 6.41.